The first kappa shape index (κ1) is 28.3. The van der Waals surface area contributed by atoms with Crippen molar-refractivity contribution in [1.82, 2.24) is 0 Å². The van der Waals surface area contributed by atoms with Crippen LogP contribution in [0.3, 0.4) is 0 Å². The van der Waals surface area contributed by atoms with Gasteiger partial charge in [-0.15, -0.1) is 0 Å². The Morgan fingerprint density at radius 2 is 1.55 bits per heavy atom. The molecule has 0 aliphatic carbocycles. The van der Waals surface area contributed by atoms with Gasteiger partial charge in [-0.2, -0.15) is 17.2 Å². The highest BCUT2D eigenvalue weighted by Crippen LogP contribution is 2.55. The lowest BCUT2D eigenvalue weighted by Gasteiger charge is -2.48. The molecule has 0 saturated carbocycles. The summed E-state index contributed by atoms with van der Waals surface area (Å²) in [5, 5.41) is 18.0. The summed E-state index contributed by atoms with van der Waals surface area (Å²) in [6.07, 6.45) is -2.01. The van der Waals surface area contributed by atoms with Crippen molar-refractivity contribution in [2.75, 3.05) is 6.61 Å². The Morgan fingerprint density at radius 1 is 1.06 bits per heavy atom. The highest BCUT2D eigenvalue weighted by Gasteiger charge is 2.64. The van der Waals surface area contributed by atoms with Crippen molar-refractivity contribution in [1.29, 1.82) is 0 Å². The minimum atomic E-state index is -5.76. The molecule has 6 unspecified atom stereocenters. The van der Waals surface area contributed by atoms with Gasteiger partial charge in [0.25, 0.3) is 0 Å². The molecule has 0 aromatic heterocycles. The maximum absolute atomic E-state index is 13.6. The standard InChI is InChI=1S/C21H36F2O9S/c1-6-19(25,7-2)16-13-10-14(18(32-13)17(16)20(26,8-3)9-4)30-11-15(24)31-12(5)21(22,23)33(27,28)29/h12-14,16-18,25-26H,6-11H2,1-5H3,(H,27,28,29). The molecule has 12 heteroatoms. The van der Waals surface area contributed by atoms with Crippen LogP contribution >= 0.6 is 0 Å². The molecule has 2 heterocycles. The average molecular weight is 503 g/mol. The Bertz CT molecular complexity index is 796. The van der Waals surface area contributed by atoms with Crippen molar-refractivity contribution in [3.05, 3.63) is 0 Å². The topological polar surface area (TPSA) is 140 Å². The van der Waals surface area contributed by atoms with Crippen LogP contribution < -0.4 is 0 Å². The maximum Gasteiger partial charge on any atom is 0.405 e. The predicted molar refractivity (Wildman–Crippen MR) is 113 cm³/mol. The summed E-state index contributed by atoms with van der Waals surface area (Å²) in [7, 11) is -5.76. The van der Waals surface area contributed by atoms with Crippen LogP contribution in [0.15, 0.2) is 0 Å². The number of esters is 1. The first-order valence-electron chi connectivity index (χ1n) is 11.4. The SMILES string of the molecule is CCC(O)(CC)C1C2CC(OCC(=O)OC(C)C(F)(F)S(=O)(=O)O)C(O2)C1C(O)(CC)CC. The van der Waals surface area contributed by atoms with Crippen LogP contribution in [-0.4, -0.2) is 76.6 Å². The van der Waals surface area contributed by atoms with E-state index in [-0.39, 0.29) is 5.92 Å². The first-order valence-corrected chi connectivity index (χ1v) is 12.8. The third-order valence-electron chi connectivity index (χ3n) is 7.53. The van der Waals surface area contributed by atoms with Gasteiger partial charge in [0.1, 0.15) is 6.61 Å². The number of hydrogen-bond donors (Lipinski definition) is 3. The molecule has 33 heavy (non-hydrogen) atoms. The zero-order valence-electron chi connectivity index (χ0n) is 19.7. The second kappa shape index (κ2) is 9.98. The van der Waals surface area contributed by atoms with Crippen molar-refractivity contribution in [3.63, 3.8) is 0 Å². The fraction of sp³-hybridized carbons (Fsp3) is 0.952. The minimum Gasteiger partial charge on any atom is -0.453 e. The summed E-state index contributed by atoms with van der Waals surface area (Å²) in [4.78, 5) is 12.0. The molecule has 2 rings (SSSR count). The molecule has 0 aromatic rings. The highest BCUT2D eigenvalue weighted by atomic mass is 32.2. The van der Waals surface area contributed by atoms with Crippen LogP contribution in [0.1, 0.15) is 66.7 Å². The zero-order valence-corrected chi connectivity index (χ0v) is 20.5. The summed E-state index contributed by atoms with van der Waals surface area (Å²) in [6.45, 7) is 7.32. The Balaban J connectivity index is 2.14. The largest absolute Gasteiger partial charge is 0.453 e. The van der Waals surface area contributed by atoms with Gasteiger partial charge in [-0.05, 0) is 32.6 Å². The summed E-state index contributed by atoms with van der Waals surface area (Å²) in [5.74, 6) is -2.05. The summed E-state index contributed by atoms with van der Waals surface area (Å²) >= 11 is 0. The summed E-state index contributed by atoms with van der Waals surface area (Å²) in [5.41, 5.74) is -2.19. The van der Waals surface area contributed by atoms with Crippen LogP contribution in [0.2, 0.25) is 0 Å². The number of alkyl halides is 2. The van der Waals surface area contributed by atoms with E-state index in [4.69, 9.17) is 14.0 Å². The zero-order chi connectivity index (χ0) is 25.4. The fourth-order valence-electron chi connectivity index (χ4n) is 5.30. The number of hydrogen-bond acceptors (Lipinski definition) is 8. The van der Waals surface area contributed by atoms with E-state index in [1.807, 2.05) is 27.7 Å². The molecule has 2 aliphatic heterocycles. The second-order valence-corrected chi connectivity index (χ2v) is 10.6. The van der Waals surface area contributed by atoms with E-state index in [9.17, 15) is 32.2 Å². The molecule has 2 saturated heterocycles. The number of aliphatic hydroxyl groups is 2. The van der Waals surface area contributed by atoms with E-state index in [0.717, 1.165) is 0 Å². The van der Waals surface area contributed by atoms with E-state index in [2.05, 4.69) is 4.74 Å². The van der Waals surface area contributed by atoms with E-state index >= 15 is 0 Å². The van der Waals surface area contributed by atoms with E-state index in [1.54, 1.807) is 0 Å². The van der Waals surface area contributed by atoms with Crippen molar-refractivity contribution in [2.24, 2.45) is 11.8 Å². The monoisotopic (exact) mass is 502 g/mol. The molecular formula is C21H36F2O9S. The Kier molecular flexibility index (Phi) is 8.56. The van der Waals surface area contributed by atoms with Crippen LogP contribution in [0.5, 0.6) is 0 Å². The Labute approximate surface area is 193 Å². The second-order valence-electron chi connectivity index (χ2n) is 9.07. The third kappa shape index (κ3) is 5.20. The lowest BCUT2D eigenvalue weighted by molar-refractivity contribution is -0.171. The quantitative estimate of drug-likeness (QED) is 0.271. The molecule has 2 aliphatic rings. The van der Waals surface area contributed by atoms with Crippen molar-refractivity contribution in [3.8, 4) is 0 Å². The third-order valence-corrected chi connectivity index (χ3v) is 8.55. The molecule has 0 aromatic carbocycles. The fourth-order valence-corrected chi connectivity index (χ4v) is 5.77. The average Bonchev–Trinajstić information content (AvgIpc) is 3.34. The Hall–Kier alpha value is -0.920. The molecule has 9 nitrogen and oxygen atoms in total. The van der Waals surface area contributed by atoms with Crippen LogP contribution in [0.4, 0.5) is 8.78 Å². The number of carbonyl (C=O) groups excluding carboxylic acids is 1. The normalized spacial score (nSPS) is 29.3. The van der Waals surface area contributed by atoms with Crippen LogP contribution in [0, 0.1) is 11.8 Å². The minimum absolute atomic E-state index is 0.335. The molecule has 194 valence electrons. The smallest absolute Gasteiger partial charge is 0.405 e. The van der Waals surface area contributed by atoms with E-state index in [0.29, 0.717) is 39.0 Å². The number of fused-ring (bicyclic) bond motifs is 2. The predicted octanol–water partition coefficient (Wildman–Crippen LogP) is 2.29. The highest BCUT2D eigenvalue weighted by molar-refractivity contribution is 7.86. The molecule has 2 bridgehead atoms. The molecule has 2 fully saturated rings. The van der Waals surface area contributed by atoms with Crippen LogP contribution in [0.25, 0.3) is 0 Å². The van der Waals surface area contributed by atoms with Gasteiger partial charge < -0.3 is 24.4 Å². The van der Waals surface area contributed by atoms with Crippen molar-refractivity contribution in [2.45, 2.75) is 108 Å². The Morgan fingerprint density at radius 3 is 2.00 bits per heavy atom. The lowest BCUT2D eigenvalue weighted by atomic mass is 9.60. The lowest BCUT2D eigenvalue weighted by Crippen LogP contribution is -2.57. The van der Waals surface area contributed by atoms with Gasteiger partial charge >= 0.3 is 21.3 Å². The van der Waals surface area contributed by atoms with Crippen molar-refractivity contribution < 1.29 is 51.0 Å². The molecule has 6 atom stereocenters. The number of halogens is 2. The van der Waals surface area contributed by atoms with Gasteiger partial charge in [-0.3, -0.25) is 4.55 Å². The number of rotatable bonds is 12. The van der Waals surface area contributed by atoms with Gasteiger partial charge in [0.2, 0.25) is 0 Å². The van der Waals surface area contributed by atoms with E-state index < -0.39 is 69.5 Å². The van der Waals surface area contributed by atoms with Gasteiger partial charge in [0.15, 0.2) is 6.10 Å². The van der Waals surface area contributed by atoms with Crippen LogP contribution in [-0.2, 0) is 29.1 Å². The van der Waals surface area contributed by atoms with Gasteiger partial charge in [0, 0.05) is 18.3 Å². The molecule has 0 amide bonds. The first-order chi connectivity index (χ1) is 15.1. The molecular weight excluding hydrogens is 466 g/mol. The summed E-state index contributed by atoms with van der Waals surface area (Å²) < 4.78 is 73.6. The maximum atomic E-state index is 13.6. The molecule has 3 N–H and O–H groups in total. The number of ether oxygens (including phenoxy) is 3. The molecule has 0 radical (unpaired) electrons. The summed E-state index contributed by atoms with van der Waals surface area (Å²) in [6, 6.07) is 0. The molecule has 0 spiro atoms. The van der Waals surface area contributed by atoms with Gasteiger partial charge in [-0.1, -0.05) is 27.7 Å². The van der Waals surface area contributed by atoms with Gasteiger partial charge in [-0.25, -0.2) is 4.79 Å². The van der Waals surface area contributed by atoms with E-state index in [1.165, 1.54) is 0 Å². The number of carbonyl (C=O) groups is 1. The van der Waals surface area contributed by atoms with Gasteiger partial charge in [0.05, 0.1) is 29.5 Å². The van der Waals surface area contributed by atoms with Crippen molar-refractivity contribution >= 4 is 16.1 Å².